The highest BCUT2D eigenvalue weighted by Gasteiger charge is 2.12. The molecule has 3 aromatic rings. The fraction of sp³-hybridized carbons (Fsp3) is 0.0556. The number of nitrogens with one attached hydrogen (secondary N) is 3. The van der Waals surface area contributed by atoms with E-state index >= 15 is 0 Å². The predicted molar refractivity (Wildman–Crippen MR) is 106 cm³/mol. The summed E-state index contributed by atoms with van der Waals surface area (Å²) in [5, 5.41) is 11.4. The molecule has 0 aliphatic rings. The first-order valence-electron chi connectivity index (χ1n) is 7.67. The fourth-order valence-corrected chi connectivity index (χ4v) is 3.10. The number of hydrogen-bond donors (Lipinski definition) is 3. The van der Waals surface area contributed by atoms with E-state index in [0.717, 1.165) is 5.69 Å². The van der Waals surface area contributed by atoms with Gasteiger partial charge in [0.15, 0.2) is 5.13 Å². The van der Waals surface area contributed by atoms with Crippen LogP contribution in [0.5, 0.6) is 0 Å². The van der Waals surface area contributed by atoms with E-state index in [-0.39, 0.29) is 11.8 Å². The molecule has 26 heavy (non-hydrogen) atoms. The van der Waals surface area contributed by atoms with Crippen LogP contribution in [-0.4, -0.2) is 16.8 Å². The van der Waals surface area contributed by atoms with Gasteiger partial charge in [0.05, 0.1) is 0 Å². The standard InChI is InChI=1S/C18H15ClN4O2S/c1-11(24)20-14-6-3-7-15(9-14)21-17(25)16-10-26-18(23-16)22-13-5-2-4-12(19)8-13/h2-10H,1H3,(H,20,24)(H,21,25)(H,22,23). The van der Waals surface area contributed by atoms with Crippen LogP contribution >= 0.6 is 22.9 Å². The summed E-state index contributed by atoms with van der Waals surface area (Å²) < 4.78 is 0. The second-order valence-electron chi connectivity index (χ2n) is 5.39. The van der Waals surface area contributed by atoms with E-state index in [0.29, 0.717) is 27.2 Å². The lowest BCUT2D eigenvalue weighted by molar-refractivity contribution is -0.114. The van der Waals surface area contributed by atoms with Gasteiger partial charge < -0.3 is 16.0 Å². The monoisotopic (exact) mass is 386 g/mol. The van der Waals surface area contributed by atoms with E-state index in [1.165, 1.54) is 18.3 Å². The number of rotatable bonds is 5. The van der Waals surface area contributed by atoms with Crippen molar-refractivity contribution >= 4 is 56.9 Å². The lowest BCUT2D eigenvalue weighted by atomic mass is 10.2. The number of carbonyl (C=O) groups is 2. The molecule has 0 fully saturated rings. The Labute approximate surface area is 159 Å². The van der Waals surface area contributed by atoms with Crippen LogP contribution in [0, 0.1) is 0 Å². The first-order valence-corrected chi connectivity index (χ1v) is 8.92. The van der Waals surface area contributed by atoms with Gasteiger partial charge in [0.2, 0.25) is 5.91 Å². The van der Waals surface area contributed by atoms with E-state index in [4.69, 9.17) is 11.6 Å². The van der Waals surface area contributed by atoms with Gasteiger partial charge in [-0.25, -0.2) is 4.98 Å². The molecule has 0 saturated heterocycles. The Morgan fingerprint density at radius 1 is 1.00 bits per heavy atom. The molecule has 1 aromatic heterocycles. The first kappa shape index (κ1) is 17.9. The molecule has 0 saturated carbocycles. The molecule has 3 rings (SSSR count). The Hall–Kier alpha value is -2.90. The summed E-state index contributed by atoms with van der Waals surface area (Å²) in [5.74, 6) is -0.509. The molecule has 0 aliphatic carbocycles. The van der Waals surface area contributed by atoms with Crippen LogP contribution < -0.4 is 16.0 Å². The number of carbonyl (C=O) groups excluding carboxylic acids is 2. The number of amides is 2. The summed E-state index contributed by atoms with van der Waals surface area (Å²) in [6.07, 6.45) is 0. The van der Waals surface area contributed by atoms with Crippen LogP contribution in [0.4, 0.5) is 22.2 Å². The summed E-state index contributed by atoms with van der Waals surface area (Å²) in [7, 11) is 0. The average molecular weight is 387 g/mol. The number of nitrogens with zero attached hydrogens (tertiary/aromatic N) is 1. The lowest BCUT2D eigenvalue weighted by Gasteiger charge is -2.06. The van der Waals surface area contributed by atoms with Crippen LogP contribution in [0.2, 0.25) is 5.02 Å². The van der Waals surface area contributed by atoms with Gasteiger partial charge in [-0.2, -0.15) is 0 Å². The third kappa shape index (κ3) is 4.81. The van der Waals surface area contributed by atoms with Crippen molar-refractivity contribution in [2.24, 2.45) is 0 Å². The van der Waals surface area contributed by atoms with Gasteiger partial charge >= 0.3 is 0 Å². The molecule has 132 valence electrons. The minimum absolute atomic E-state index is 0.176. The highest BCUT2D eigenvalue weighted by molar-refractivity contribution is 7.14. The van der Waals surface area contributed by atoms with Crippen molar-refractivity contribution in [3.8, 4) is 0 Å². The van der Waals surface area contributed by atoms with Crippen molar-refractivity contribution < 1.29 is 9.59 Å². The second-order valence-corrected chi connectivity index (χ2v) is 6.68. The molecule has 2 aromatic carbocycles. The molecular weight excluding hydrogens is 372 g/mol. The Morgan fingerprint density at radius 2 is 1.69 bits per heavy atom. The maximum absolute atomic E-state index is 12.4. The van der Waals surface area contributed by atoms with E-state index in [9.17, 15) is 9.59 Å². The van der Waals surface area contributed by atoms with E-state index in [1.54, 1.807) is 41.8 Å². The Balaban J connectivity index is 1.67. The Bertz CT molecular complexity index is 958. The van der Waals surface area contributed by atoms with Gasteiger partial charge in [-0.3, -0.25) is 9.59 Å². The van der Waals surface area contributed by atoms with Crippen LogP contribution in [0.25, 0.3) is 0 Å². The summed E-state index contributed by atoms with van der Waals surface area (Å²) in [6, 6.07) is 14.1. The molecule has 0 bridgehead atoms. The van der Waals surface area contributed by atoms with Crippen LogP contribution in [0.15, 0.2) is 53.9 Å². The smallest absolute Gasteiger partial charge is 0.275 e. The van der Waals surface area contributed by atoms with E-state index in [1.807, 2.05) is 12.1 Å². The van der Waals surface area contributed by atoms with E-state index < -0.39 is 0 Å². The highest BCUT2D eigenvalue weighted by Crippen LogP contribution is 2.24. The summed E-state index contributed by atoms with van der Waals surface area (Å²) in [5.41, 5.74) is 2.27. The van der Waals surface area contributed by atoms with Crippen molar-refractivity contribution in [2.75, 3.05) is 16.0 Å². The van der Waals surface area contributed by atoms with Gasteiger partial charge in [0.25, 0.3) is 5.91 Å². The second kappa shape index (κ2) is 7.99. The molecule has 8 heteroatoms. The molecular formula is C18H15ClN4O2S. The number of benzene rings is 2. The lowest BCUT2D eigenvalue weighted by Crippen LogP contribution is -2.13. The number of halogens is 1. The quantitative estimate of drug-likeness (QED) is 0.590. The zero-order valence-electron chi connectivity index (χ0n) is 13.7. The molecule has 1 heterocycles. The van der Waals surface area contributed by atoms with Crippen molar-refractivity contribution in [2.45, 2.75) is 6.92 Å². The van der Waals surface area contributed by atoms with Gasteiger partial charge in [-0.1, -0.05) is 23.7 Å². The van der Waals surface area contributed by atoms with Crippen LogP contribution in [0.3, 0.4) is 0 Å². The molecule has 6 nitrogen and oxygen atoms in total. The van der Waals surface area contributed by atoms with Crippen LogP contribution in [0.1, 0.15) is 17.4 Å². The number of thiazole rings is 1. The molecule has 3 N–H and O–H groups in total. The van der Waals surface area contributed by atoms with Crippen molar-refractivity contribution in [1.29, 1.82) is 0 Å². The predicted octanol–water partition coefficient (Wildman–Crippen LogP) is 4.75. The summed E-state index contributed by atoms with van der Waals surface area (Å²) >= 11 is 7.27. The van der Waals surface area contributed by atoms with Gasteiger partial charge in [-0.05, 0) is 36.4 Å². The van der Waals surface area contributed by atoms with Gasteiger partial charge in [0, 0.05) is 34.4 Å². The van der Waals surface area contributed by atoms with Gasteiger partial charge in [-0.15, -0.1) is 11.3 Å². The average Bonchev–Trinajstić information content (AvgIpc) is 3.03. The molecule has 0 spiro atoms. The van der Waals surface area contributed by atoms with Crippen LogP contribution in [-0.2, 0) is 4.79 Å². The molecule has 0 atom stereocenters. The molecule has 0 unspecified atom stereocenters. The minimum atomic E-state index is -0.333. The van der Waals surface area contributed by atoms with E-state index in [2.05, 4.69) is 20.9 Å². The summed E-state index contributed by atoms with van der Waals surface area (Å²) in [4.78, 5) is 27.8. The summed E-state index contributed by atoms with van der Waals surface area (Å²) in [6.45, 7) is 1.43. The molecule has 0 radical (unpaired) electrons. The zero-order valence-corrected chi connectivity index (χ0v) is 15.3. The van der Waals surface area contributed by atoms with Gasteiger partial charge in [0.1, 0.15) is 5.69 Å². The Kier molecular flexibility index (Phi) is 5.50. The maximum Gasteiger partial charge on any atom is 0.275 e. The first-order chi connectivity index (χ1) is 12.5. The topological polar surface area (TPSA) is 83.1 Å². The Morgan fingerprint density at radius 3 is 2.42 bits per heavy atom. The van der Waals surface area contributed by atoms with Crippen molar-refractivity contribution in [1.82, 2.24) is 4.98 Å². The van der Waals surface area contributed by atoms with Crippen molar-refractivity contribution in [3.63, 3.8) is 0 Å². The molecule has 0 aliphatic heterocycles. The SMILES string of the molecule is CC(=O)Nc1cccc(NC(=O)c2csc(Nc3cccc(Cl)c3)n2)c1. The normalized spacial score (nSPS) is 10.2. The molecule has 2 amide bonds. The number of hydrogen-bond acceptors (Lipinski definition) is 5. The highest BCUT2D eigenvalue weighted by atomic mass is 35.5. The minimum Gasteiger partial charge on any atom is -0.331 e. The maximum atomic E-state index is 12.4. The third-order valence-corrected chi connectivity index (χ3v) is 4.25. The fourth-order valence-electron chi connectivity index (χ4n) is 2.20. The largest absolute Gasteiger partial charge is 0.331 e. The van der Waals surface area contributed by atoms with Crippen molar-refractivity contribution in [3.05, 3.63) is 64.6 Å². The number of anilines is 4. The third-order valence-electron chi connectivity index (χ3n) is 3.25. The number of aromatic nitrogens is 1. The zero-order chi connectivity index (χ0) is 18.5.